The van der Waals surface area contributed by atoms with Crippen molar-refractivity contribution in [3.63, 3.8) is 0 Å². The minimum absolute atomic E-state index is 0. The van der Waals surface area contributed by atoms with E-state index in [1.54, 1.807) is 38.1 Å². The number of aliphatic carboxylic acids is 4. The van der Waals surface area contributed by atoms with E-state index in [4.69, 9.17) is 36.9 Å². The molecule has 2 aromatic carbocycles. The maximum absolute atomic E-state index is 13.9. The smallest absolute Gasteiger partial charge is 0.335 e. The van der Waals surface area contributed by atoms with E-state index in [2.05, 4.69) is 31.9 Å². The highest BCUT2D eigenvalue weighted by Gasteiger charge is 2.32. The highest BCUT2D eigenvalue weighted by molar-refractivity contribution is 5.95. The molecule has 34 nitrogen and oxygen atoms in total. The van der Waals surface area contributed by atoms with E-state index >= 15 is 0 Å². The number of ketones is 5. The molecule has 0 saturated heterocycles. The number of hydrogen-bond donors (Lipinski definition) is 15. The summed E-state index contributed by atoms with van der Waals surface area (Å²) in [4.78, 5) is 212. The molecule has 18 N–H and O–H groups in total. The standard InChI is InChI=1S/C91H143N9O25.3H2/c1-62(101)65(30-20-24-54-97-83(110)73(92)33-22-26-52-95-79(106)49-40-67(87(116)117)59-70(103)42-47-75(89(120)121)99-81(108)35-19-15-11-7-5-9-13-17-29-57-125-72-45-38-64(39-46-72)86(114)115)60-77(104)66(61-78(105)91(2,3)94)31-21-25-55-98-84(111)74(93)34-23-27-53-96-80(107)51-48-76(90(122)123)100-82(109)50-41-68(88(118)119)58-69(102)32-18-14-10-6-4-8-12-16-28-56-124-71-43-36-63(37-44-71)85(112)113;;;/h36-39,43-46,65-68,73-76H,4-35,40-42,47-61,92-94H2,1-3H3,(H,95,106)(H,96,107)(H,97,110)(H,98,111)(H,99,108)(H,100,109)(H,112,113)(H,114,115)(H,116,117)(H,118,119)(H,120,121)(H,122,123);3*1H/t65-,66-,67?,68-,73+,74+,75+,76+;;;/m1.../s1. The summed E-state index contributed by atoms with van der Waals surface area (Å²) >= 11 is 0. The van der Waals surface area contributed by atoms with Crippen LogP contribution in [0.4, 0.5) is 0 Å². The monoisotopic (exact) mass is 1770 g/mol. The summed E-state index contributed by atoms with van der Waals surface area (Å²) < 4.78 is 11.3. The van der Waals surface area contributed by atoms with Crippen molar-refractivity contribution in [2.45, 2.75) is 333 Å². The topological polar surface area (TPSA) is 580 Å². The lowest BCUT2D eigenvalue weighted by Gasteiger charge is -2.23. The minimum atomic E-state index is -1.43. The Morgan fingerprint density at radius 3 is 1.06 bits per heavy atom. The largest absolute Gasteiger partial charge is 0.494 e. The number of carboxylic acids is 6. The molecule has 1 unspecified atom stereocenters. The van der Waals surface area contributed by atoms with Crippen LogP contribution in [-0.2, 0) is 71.9 Å². The maximum atomic E-state index is 13.9. The number of amides is 6. The second kappa shape index (κ2) is 65.5. The molecule has 0 bridgehead atoms. The van der Waals surface area contributed by atoms with Crippen molar-refractivity contribution in [2.24, 2.45) is 40.9 Å². The van der Waals surface area contributed by atoms with Gasteiger partial charge in [-0.25, -0.2) is 19.2 Å². The Balaban J connectivity index is 0. The Bertz CT molecular complexity index is 3680. The van der Waals surface area contributed by atoms with E-state index in [0.717, 1.165) is 103 Å². The van der Waals surface area contributed by atoms with Gasteiger partial charge in [-0.2, -0.15) is 0 Å². The van der Waals surface area contributed by atoms with Crippen molar-refractivity contribution in [1.29, 1.82) is 0 Å². The first-order valence-electron chi connectivity index (χ1n) is 44.9. The van der Waals surface area contributed by atoms with Crippen LogP contribution in [0.5, 0.6) is 11.5 Å². The van der Waals surface area contributed by atoms with Crippen molar-refractivity contribution in [3.05, 3.63) is 59.7 Å². The predicted molar refractivity (Wildman–Crippen MR) is 473 cm³/mol. The molecular weight excluding hydrogens is 1620 g/mol. The molecular formula is C91H149N9O25. The zero-order valence-corrected chi connectivity index (χ0v) is 73.8. The summed E-state index contributed by atoms with van der Waals surface area (Å²) in [5.74, 6) is -14.2. The Kier molecular flexibility index (Phi) is 58.1. The first-order chi connectivity index (χ1) is 59.5. The van der Waals surface area contributed by atoms with Gasteiger partial charge in [0, 0.05) is 107 Å². The number of carboxylic acid groups (broad SMARTS) is 6. The fourth-order valence-corrected chi connectivity index (χ4v) is 14.0. The van der Waals surface area contributed by atoms with Crippen molar-refractivity contribution in [2.75, 3.05) is 39.4 Å². The van der Waals surface area contributed by atoms with Gasteiger partial charge in [0.15, 0.2) is 5.78 Å². The lowest BCUT2D eigenvalue weighted by atomic mass is 9.82. The number of unbranched alkanes of at least 4 members (excludes halogenated alkanes) is 20. The summed E-state index contributed by atoms with van der Waals surface area (Å²) in [5, 5.41) is 72.9. The third-order valence-corrected chi connectivity index (χ3v) is 22.0. The Hall–Kier alpha value is -10.1. The number of nitrogens with two attached hydrogens (primary N) is 3. The number of nitrogens with one attached hydrogen (secondary N) is 6. The fourth-order valence-electron chi connectivity index (χ4n) is 14.0. The normalized spacial score (nSPS) is 13.2. The molecule has 0 aliphatic heterocycles. The van der Waals surface area contributed by atoms with Gasteiger partial charge in [0.25, 0.3) is 0 Å². The third-order valence-electron chi connectivity index (χ3n) is 22.0. The molecule has 0 aliphatic carbocycles. The number of ether oxygens (including phenoxy) is 2. The average molecular weight is 1770 g/mol. The molecule has 0 fully saturated rings. The second-order valence-electron chi connectivity index (χ2n) is 33.3. The van der Waals surface area contributed by atoms with Gasteiger partial charge < -0.3 is 89.2 Å². The Labute approximate surface area is 739 Å². The molecule has 6 amide bonds. The number of benzene rings is 2. The van der Waals surface area contributed by atoms with Gasteiger partial charge in [0.05, 0.1) is 53.8 Å². The maximum Gasteiger partial charge on any atom is 0.335 e. The van der Waals surface area contributed by atoms with Crippen LogP contribution in [0.2, 0.25) is 0 Å². The van der Waals surface area contributed by atoms with Gasteiger partial charge in [-0.1, -0.05) is 103 Å². The SMILES string of the molecule is CC(=O)[C@H](CCCCNC(=O)[C@@H](N)CCCCNC(=O)CCC(CC(=O)CC[C@H](NC(=O)CCCCCCCCCCCOc1ccc(C(=O)O)cc1)C(=O)O)C(=O)O)CC(=O)[C@H](CCCCNC(=O)[C@@H](N)CCCCNC(=O)CC[C@H](NC(=O)CC[C@H](CC(=O)CCCCCCCCCCCOc1ccc(C(=O)O)cc1)C(=O)O)C(=O)O)CC(=O)C(C)(C)N.[HH].[HH].[HH]. The van der Waals surface area contributed by atoms with E-state index < -0.39 is 137 Å². The summed E-state index contributed by atoms with van der Waals surface area (Å²) in [6.45, 7) is 6.43. The van der Waals surface area contributed by atoms with Gasteiger partial charge in [-0.05, 0) is 185 Å². The lowest BCUT2D eigenvalue weighted by molar-refractivity contribution is -0.145. The van der Waals surface area contributed by atoms with Crippen molar-refractivity contribution in [1.82, 2.24) is 31.9 Å². The molecule has 708 valence electrons. The van der Waals surface area contributed by atoms with Crippen molar-refractivity contribution in [3.8, 4) is 11.5 Å². The Morgan fingerprint density at radius 2 is 0.680 bits per heavy atom. The Morgan fingerprint density at radius 1 is 0.344 bits per heavy atom. The molecule has 2 aromatic rings. The number of rotatable bonds is 79. The van der Waals surface area contributed by atoms with E-state index in [1.165, 1.54) is 31.2 Å². The lowest BCUT2D eigenvalue weighted by Crippen LogP contribution is -2.43. The quantitative estimate of drug-likeness (QED) is 0.0274. The molecule has 125 heavy (non-hydrogen) atoms. The molecule has 8 atom stereocenters. The number of hydrogen-bond acceptors (Lipinski definition) is 22. The summed E-state index contributed by atoms with van der Waals surface area (Å²) in [7, 11) is 0. The van der Waals surface area contributed by atoms with E-state index in [1.807, 2.05) is 0 Å². The van der Waals surface area contributed by atoms with Gasteiger partial charge >= 0.3 is 35.8 Å². The van der Waals surface area contributed by atoms with Gasteiger partial charge in [-0.3, -0.25) is 62.3 Å². The molecule has 34 heteroatoms. The molecule has 0 saturated carbocycles. The zero-order valence-electron chi connectivity index (χ0n) is 73.8. The van der Waals surface area contributed by atoms with Crippen LogP contribution >= 0.6 is 0 Å². The van der Waals surface area contributed by atoms with E-state index in [9.17, 15) is 102 Å². The number of carbonyl (C=O) groups is 17. The molecule has 0 aliphatic rings. The van der Waals surface area contributed by atoms with E-state index in [-0.39, 0.29) is 167 Å². The van der Waals surface area contributed by atoms with Gasteiger partial charge in [0.2, 0.25) is 35.4 Å². The zero-order chi connectivity index (χ0) is 92.9. The van der Waals surface area contributed by atoms with Crippen LogP contribution in [0.1, 0.15) is 328 Å². The fraction of sp³-hybridized carbons (Fsp3) is 0.681. The molecule has 0 radical (unpaired) electrons. The van der Waals surface area contributed by atoms with Crippen molar-refractivity contribution < 1.29 is 126 Å². The summed E-state index contributed by atoms with van der Waals surface area (Å²) in [5.41, 5.74) is 17.6. The number of aromatic carboxylic acids is 2. The van der Waals surface area contributed by atoms with Gasteiger partial charge in [-0.15, -0.1) is 0 Å². The van der Waals surface area contributed by atoms with Crippen LogP contribution in [-0.4, -0.2) is 200 Å². The van der Waals surface area contributed by atoms with Crippen molar-refractivity contribution >= 4 is 100 Å². The van der Waals surface area contributed by atoms with Crippen LogP contribution in [0.3, 0.4) is 0 Å². The van der Waals surface area contributed by atoms with E-state index in [0.29, 0.717) is 95.3 Å². The van der Waals surface area contributed by atoms with Crippen LogP contribution < -0.4 is 58.6 Å². The number of carbonyl (C=O) groups excluding carboxylic acids is 11. The molecule has 0 spiro atoms. The second-order valence-corrected chi connectivity index (χ2v) is 33.3. The third kappa shape index (κ3) is 54.4. The number of Topliss-reactive ketones (excluding diaryl/α,β-unsaturated/α-hetero) is 5. The first-order valence-corrected chi connectivity index (χ1v) is 44.9. The van der Waals surface area contributed by atoms with Crippen LogP contribution in [0.15, 0.2) is 48.5 Å². The molecule has 2 rings (SSSR count). The summed E-state index contributed by atoms with van der Waals surface area (Å²) in [6, 6.07) is 8.05. The minimum Gasteiger partial charge on any atom is -0.494 e. The average Bonchev–Trinajstić information content (AvgIpc) is 0.800. The molecule has 0 aromatic heterocycles. The highest BCUT2D eigenvalue weighted by atomic mass is 16.5. The molecule has 0 heterocycles. The van der Waals surface area contributed by atoms with Crippen LogP contribution in [0, 0.1) is 23.7 Å². The highest BCUT2D eigenvalue weighted by Crippen LogP contribution is 2.26. The van der Waals surface area contributed by atoms with Gasteiger partial charge in [0.1, 0.15) is 46.7 Å². The first kappa shape index (κ1) is 111. The van der Waals surface area contributed by atoms with Crippen LogP contribution in [0.25, 0.3) is 0 Å². The summed E-state index contributed by atoms with van der Waals surface area (Å²) in [6.07, 6.45) is 19.0. The predicted octanol–water partition coefficient (Wildman–Crippen LogP) is 10.9.